The minimum Gasteiger partial charge on any atom is -0.376 e. The molecule has 0 amide bonds. The van der Waals surface area contributed by atoms with E-state index in [-0.39, 0.29) is 12.1 Å². The topological polar surface area (TPSA) is 51.5 Å². The number of rotatable bonds is 2. The number of hydrogen-bond donors (Lipinski definition) is 1. The van der Waals surface area contributed by atoms with Crippen LogP contribution in [0.15, 0.2) is 18.5 Å². The monoisotopic (exact) mass is 286 g/mol. The van der Waals surface area contributed by atoms with Crippen LogP contribution in [0.3, 0.4) is 0 Å². The molecule has 3 rings (SSSR count). The van der Waals surface area contributed by atoms with Gasteiger partial charge in [-0.25, -0.2) is 9.50 Å². The van der Waals surface area contributed by atoms with Crippen LogP contribution in [0.25, 0.3) is 5.52 Å². The Kier molecular flexibility index (Phi) is 3.04. The molecule has 1 aliphatic heterocycles. The van der Waals surface area contributed by atoms with E-state index in [0.29, 0.717) is 17.9 Å². The SMILES string of the molecule is CC1OCCC1Nc1nccn2nc(C(F)(F)F)cc12. The maximum absolute atomic E-state index is 12.7. The third kappa shape index (κ3) is 2.31. The average molecular weight is 286 g/mol. The minimum atomic E-state index is -4.47. The van der Waals surface area contributed by atoms with E-state index in [1.54, 1.807) is 0 Å². The quantitative estimate of drug-likeness (QED) is 0.920. The average Bonchev–Trinajstić information content (AvgIpc) is 2.96. The fraction of sp³-hybridized carbons (Fsp3) is 0.500. The van der Waals surface area contributed by atoms with Crippen molar-refractivity contribution in [3.8, 4) is 0 Å². The molecule has 108 valence electrons. The normalized spacial score (nSPS) is 23.4. The van der Waals surface area contributed by atoms with Crippen molar-refractivity contribution in [1.82, 2.24) is 14.6 Å². The summed E-state index contributed by atoms with van der Waals surface area (Å²) >= 11 is 0. The van der Waals surface area contributed by atoms with Crippen LogP contribution in [-0.4, -0.2) is 33.4 Å². The van der Waals surface area contributed by atoms with E-state index in [1.807, 2.05) is 6.92 Å². The predicted molar refractivity (Wildman–Crippen MR) is 65.4 cm³/mol. The number of hydrogen-bond acceptors (Lipinski definition) is 4. The lowest BCUT2D eigenvalue weighted by atomic mass is 10.1. The highest BCUT2D eigenvalue weighted by Gasteiger charge is 2.34. The smallest absolute Gasteiger partial charge is 0.376 e. The van der Waals surface area contributed by atoms with Gasteiger partial charge >= 0.3 is 6.18 Å². The van der Waals surface area contributed by atoms with Gasteiger partial charge < -0.3 is 10.1 Å². The number of halogens is 3. The van der Waals surface area contributed by atoms with Crippen LogP contribution >= 0.6 is 0 Å². The first-order valence-corrected chi connectivity index (χ1v) is 6.25. The molecule has 2 aromatic rings. The molecule has 5 nitrogen and oxygen atoms in total. The lowest BCUT2D eigenvalue weighted by molar-refractivity contribution is -0.141. The molecule has 1 N–H and O–H groups in total. The number of fused-ring (bicyclic) bond motifs is 1. The van der Waals surface area contributed by atoms with E-state index in [1.165, 1.54) is 16.9 Å². The van der Waals surface area contributed by atoms with Gasteiger partial charge in [-0.05, 0) is 13.3 Å². The lowest BCUT2D eigenvalue weighted by Crippen LogP contribution is -2.27. The largest absolute Gasteiger partial charge is 0.435 e. The highest BCUT2D eigenvalue weighted by atomic mass is 19.4. The van der Waals surface area contributed by atoms with Crippen LogP contribution in [-0.2, 0) is 10.9 Å². The molecule has 0 radical (unpaired) electrons. The van der Waals surface area contributed by atoms with Gasteiger partial charge in [0, 0.05) is 25.1 Å². The van der Waals surface area contributed by atoms with Gasteiger partial charge in [-0.15, -0.1) is 0 Å². The van der Waals surface area contributed by atoms with Crippen LogP contribution in [0.1, 0.15) is 19.0 Å². The number of aromatic nitrogens is 3. The van der Waals surface area contributed by atoms with Crippen molar-refractivity contribution in [1.29, 1.82) is 0 Å². The van der Waals surface area contributed by atoms with E-state index < -0.39 is 11.9 Å². The summed E-state index contributed by atoms with van der Waals surface area (Å²) < 4.78 is 44.7. The first kappa shape index (κ1) is 13.2. The van der Waals surface area contributed by atoms with Crippen molar-refractivity contribution in [2.45, 2.75) is 31.7 Å². The van der Waals surface area contributed by atoms with E-state index in [2.05, 4.69) is 15.4 Å². The van der Waals surface area contributed by atoms with Gasteiger partial charge in [0.2, 0.25) is 0 Å². The van der Waals surface area contributed by atoms with Crippen molar-refractivity contribution >= 4 is 11.3 Å². The molecule has 0 saturated carbocycles. The molecule has 2 atom stereocenters. The molecule has 0 bridgehead atoms. The zero-order chi connectivity index (χ0) is 14.3. The summed E-state index contributed by atoms with van der Waals surface area (Å²) in [4.78, 5) is 4.11. The summed E-state index contributed by atoms with van der Waals surface area (Å²) in [6.45, 7) is 2.55. The van der Waals surface area contributed by atoms with E-state index in [4.69, 9.17) is 4.74 Å². The van der Waals surface area contributed by atoms with Crippen LogP contribution in [0.2, 0.25) is 0 Å². The van der Waals surface area contributed by atoms with Crippen molar-refractivity contribution in [3.05, 3.63) is 24.2 Å². The Morgan fingerprint density at radius 1 is 1.45 bits per heavy atom. The second-order valence-electron chi connectivity index (χ2n) is 4.75. The third-order valence-corrected chi connectivity index (χ3v) is 3.38. The Morgan fingerprint density at radius 2 is 2.25 bits per heavy atom. The van der Waals surface area contributed by atoms with Gasteiger partial charge in [-0.1, -0.05) is 0 Å². The summed E-state index contributed by atoms with van der Waals surface area (Å²) in [7, 11) is 0. The van der Waals surface area contributed by atoms with Crippen LogP contribution in [0, 0.1) is 0 Å². The van der Waals surface area contributed by atoms with E-state index in [0.717, 1.165) is 12.5 Å². The molecule has 0 spiro atoms. The fourth-order valence-electron chi connectivity index (χ4n) is 2.27. The zero-order valence-corrected chi connectivity index (χ0v) is 10.7. The second kappa shape index (κ2) is 4.62. The number of ether oxygens (including phenoxy) is 1. The van der Waals surface area contributed by atoms with Gasteiger partial charge in [0.15, 0.2) is 11.5 Å². The van der Waals surface area contributed by atoms with Crippen LogP contribution < -0.4 is 5.32 Å². The molecule has 3 heterocycles. The molecule has 0 aliphatic carbocycles. The summed E-state index contributed by atoms with van der Waals surface area (Å²) in [6, 6.07) is 1.04. The third-order valence-electron chi connectivity index (χ3n) is 3.38. The van der Waals surface area contributed by atoms with Gasteiger partial charge in [0.05, 0.1) is 12.1 Å². The summed E-state index contributed by atoms with van der Waals surface area (Å²) in [5.74, 6) is 0.387. The lowest BCUT2D eigenvalue weighted by Gasteiger charge is -2.16. The summed E-state index contributed by atoms with van der Waals surface area (Å²) in [5.41, 5.74) is -0.622. The maximum Gasteiger partial charge on any atom is 0.435 e. The molecule has 2 unspecified atom stereocenters. The van der Waals surface area contributed by atoms with Gasteiger partial charge in [-0.2, -0.15) is 18.3 Å². The highest BCUT2D eigenvalue weighted by molar-refractivity contribution is 5.68. The number of nitrogens with zero attached hydrogens (tertiary/aromatic N) is 3. The van der Waals surface area contributed by atoms with Gasteiger partial charge in [0.25, 0.3) is 0 Å². The fourth-order valence-corrected chi connectivity index (χ4v) is 2.27. The van der Waals surface area contributed by atoms with Crippen molar-refractivity contribution in [2.75, 3.05) is 11.9 Å². The van der Waals surface area contributed by atoms with Crippen molar-refractivity contribution < 1.29 is 17.9 Å². The Balaban J connectivity index is 1.96. The molecular weight excluding hydrogens is 273 g/mol. The molecule has 8 heteroatoms. The first-order chi connectivity index (χ1) is 9.45. The molecule has 0 aromatic carbocycles. The Morgan fingerprint density at radius 3 is 2.90 bits per heavy atom. The second-order valence-corrected chi connectivity index (χ2v) is 4.75. The van der Waals surface area contributed by atoms with Crippen LogP contribution in [0.5, 0.6) is 0 Å². The van der Waals surface area contributed by atoms with Gasteiger partial charge in [-0.3, -0.25) is 0 Å². The Hall–Kier alpha value is -1.83. The van der Waals surface area contributed by atoms with E-state index in [9.17, 15) is 13.2 Å². The molecule has 1 fully saturated rings. The summed E-state index contributed by atoms with van der Waals surface area (Å²) in [5, 5.41) is 6.65. The van der Waals surface area contributed by atoms with Crippen molar-refractivity contribution in [2.24, 2.45) is 0 Å². The molecule has 2 aromatic heterocycles. The van der Waals surface area contributed by atoms with Crippen LogP contribution in [0.4, 0.5) is 19.0 Å². The zero-order valence-electron chi connectivity index (χ0n) is 10.7. The molecule has 1 aliphatic rings. The number of nitrogens with one attached hydrogen (secondary N) is 1. The molecule has 1 saturated heterocycles. The standard InChI is InChI=1S/C12H13F3N4O/c1-7-8(2-5-20-7)17-11-9-6-10(12(13,14)15)18-19(9)4-3-16-11/h3-4,6-8H,2,5H2,1H3,(H,16,17). The Labute approximate surface area is 112 Å². The predicted octanol–water partition coefficient (Wildman–Crippen LogP) is 2.34. The summed E-state index contributed by atoms with van der Waals surface area (Å²) in [6.07, 6.45) is -0.855. The molecule has 20 heavy (non-hydrogen) atoms. The Bertz CT molecular complexity index is 625. The molecular formula is C12H13F3N4O. The van der Waals surface area contributed by atoms with Crippen molar-refractivity contribution in [3.63, 3.8) is 0 Å². The highest BCUT2D eigenvalue weighted by Crippen LogP contribution is 2.30. The van der Waals surface area contributed by atoms with E-state index >= 15 is 0 Å². The first-order valence-electron chi connectivity index (χ1n) is 6.25. The number of alkyl halides is 3. The maximum atomic E-state index is 12.7. The minimum absolute atomic E-state index is 0.00191. The number of anilines is 1. The van der Waals surface area contributed by atoms with Gasteiger partial charge in [0.1, 0.15) is 5.52 Å².